The summed E-state index contributed by atoms with van der Waals surface area (Å²) in [6.07, 6.45) is 10.2. The predicted octanol–water partition coefficient (Wildman–Crippen LogP) is 5.40. The zero-order valence-electron chi connectivity index (χ0n) is 21.1. The van der Waals surface area contributed by atoms with E-state index in [-0.39, 0.29) is 18.6 Å². The Balaban J connectivity index is 1.00. The summed E-state index contributed by atoms with van der Waals surface area (Å²) in [4.78, 5) is 15.3. The predicted molar refractivity (Wildman–Crippen MR) is 144 cm³/mol. The number of aliphatic hydroxyl groups is 1. The van der Waals surface area contributed by atoms with Crippen LogP contribution in [-0.4, -0.2) is 54.7 Å². The Kier molecular flexibility index (Phi) is 8.24. The van der Waals surface area contributed by atoms with Gasteiger partial charge in [0.05, 0.1) is 12.9 Å². The van der Waals surface area contributed by atoms with Crippen LogP contribution in [0.15, 0.2) is 59.2 Å². The average Bonchev–Trinajstić information content (AvgIpc) is 3.36. The number of fused-ring (bicyclic) bond motifs is 1. The number of anilines is 1. The summed E-state index contributed by atoms with van der Waals surface area (Å²) in [7, 11) is 0. The third-order valence-electron chi connectivity index (χ3n) is 8.16. The van der Waals surface area contributed by atoms with Crippen molar-refractivity contribution < 1.29 is 14.3 Å². The van der Waals surface area contributed by atoms with Gasteiger partial charge in [-0.25, -0.2) is 0 Å². The van der Waals surface area contributed by atoms with Crippen molar-refractivity contribution in [3.63, 3.8) is 0 Å². The van der Waals surface area contributed by atoms with Crippen LogP contribution in [0.25, 0.3) is 11.0 Å². The summed E-state index contributed by atoms with van der Waals surface area (Å²) < 4.78 is 5.78. The minimum atomic E-state index is 0.0143. The van der Waals surface area contributed by atoms with Gasteiger partial charge in [0.15, 0.2) is 0 Å². The molecule has 3 N–H and O–H groups in total. The Hall–Kier alpha value is -2.83. The second-order valence-electron chi connectivity index (χ2n) is 10.5. The van der Waals surface area contributed by atoms with E-state index in [2.05, 4.69) is 33.7 Å². The van der Waals surface area contributed by atoms with E-state index in [1.807, 2.05) is 36.6 Å². The average molecular weight is 490 g/mol. The molecule has 6 nitrogen and oxygen atoms in total. The van der Waals surface area contributed by atoms with Crippen molar-refractivity contribution in [1.29, 1.82) is 0 Å². The minimum absolute atomic E-state index is 0.0143. The van der Waals surface area contributed by atoms with Gasteiger partial charge in [-0.1, -0.05) is 18.2 Å². The molecule has 1 saturated carbocycles. The van der Waals surface area contributed by atoms with Gasteiger partial charge in [-0.05, 0) is 107 Å². The molecule has 5 rings (SSSR count). The molecule has 2 aliphatic rings. The fraction of sp³-hybridized carbons (Fsp3) is 0.500. The number of amides is 1. The quantitative estimate of drug-likeness (QED) is 0.375. The van der Waals surface area contributed by atoms with Crippen molar-refractivity contribution in [2.24, 2.45) is 5.92 Å². The third kappa shape index (κ3) is 6.11. The maximum atomic E-state index is 12.7. The van der Waals surface area contributed by atoms with Crippen LogP contribution in [-0.2, 0) is 0 Å². The van der Waals surface area contributed by atoms with Crippen molar-refractivity contribution in [1.82, 2.24) is 10.2 Å². The molecule has 6 heteroatoms. The molecule has 1 aliphatic carbocycles. The van der Waals surface area contributed by atoms with Crippen molar-refractivity contribution in [2.45, 2.75) is 56.9 Å². The highest BCUT2D eigenvalue weighted by molar-refractivity contribution is 5.94. The number of hydrogen-bond donors (Lipinski definition) is 3. The number of aliphatic hydroxyl groups excluding tert-OH is 1. The lowest BCUT2D eigenvalue weighted by molar-refractivity contribution is 0.0919. The fourth-order valence-electron chi connectivity index (χ4n) is 5.95. The third-order valence-corrected chi connectivity index (χ3v) is 8.16. The van der Waals surface area contributed by atoms with Gasteiger partial charge in [-0.15, -0.1) is 0 Å². The number of carbonyl (C=O) groups excluding carboxylic acids is 1. The van der Waals surface area contributed by atoms with E-state index in [9.17, 15) is 4.79 Å². The molecule has 36 heavy (non-hydrogen) atoms. The molecule has 2 aromatic carbocycles. The van der Waals surface area contributed by atoms with Crippen LogP contribution in [0.1, 0.15) is 66.8 Å². The van der Waals surface area contributed by atoms with Gasteiger partial charge < -0.3 is 25.1 Å². The Morgan fingerprint density at radius 2 is 1.72 bits per heavy atom. The van der Waals surface area contributed by atoms with E-state index < -0.39 is 0 Å². The van der Waals surface area contributed by atoms with Crippen LogP contribution in [0.3, 0.4) is 0 Å². The maximum Gasteiger partial charge on any atom is 0.251 e. The first-order valence-corrected chi connectivity index (χ1v) is 13.6. The van der Waals surface area contributed by atoms with Gasteiger partial charge in [0, 0.05) is 34.8 Å². The number of nitrogens with zero attached hydrogens (tertiary/aromatic N) is 1. The van der Waals surface area contributed by atoms with Crippen LogP contribution in [0, 0.1) is 5.92 Å². The smallest absolute Gasteiger partial charge is 0.251 e. The first kappa shape index (κ1) is 24.8. The second-order valence-corrected chi connectivity index (χ2v) is 10.5. The van der Waals surface area contributed by atoms with E-state index in [0.29, 0.717) is 18.0 Å². The second kappa shape index (κ2) is 11.9. The zero-order valence-corrected chi connectivity index (χ0v) is 21.1. The number of hydrogen-bond acceptors (Lipinski definition) is 5. The number of nitrogens with one attached hydrogen (secondary N) is 2. The zero-order chi connectivity index (χ0) is 24.7. The van der Waals surface area contributed by atoms with Crippen molar-refractivity contribution in [2.75, 3.05) is 38.1 Å². The molecule has 2 fully saturated rings. The summed E-state index contributed by atoms with van der Waals surface area (Å²) in [5, 5.41) is 16.5. The molecule has 0 bridgehead atoms. The van der Waals surface area contributed by atoms with Crippen LogP contribution in [0.5, 0.6) is 0 Å². The molecule has 0 unspecified atom stereocenters. The van der Waals surface area contributed by atoms with E-state index >= 15 is 0 Å². The highest BCUT2D eigenvalue weighted by atomic mass is 16.3. The molecular formula is C30H39N3O3. The molecule has 0 spiro atoms. The van der Waals surface area contributed by atoms with E-state index in [4.69, 9.17) is 9.52 Å². The first-order valence-electron chi connectivity index (χ1n) is 13.6. The van der Waals surface area contributed by atoms with E-state index in [1.54, 1.807) is 0 Å². The topological polar surface area (TPSA) is 77.7 Å². The maximum absolute atomic E-state index is 12.7. The molecule has 1 aliphatic heterocycles. The van der Waals surface area contributed by atoms with Crippen LogP contribution in [0.2, 0.25) is 0 Å². The molecule has 1 aromatic heterocycles. The molecule has 1 saturated heterocycles. The number of piperidine rings is 1. The lowest BCUT2D eigenvalue weighted by Gasteiger charge is -2.34. The van der Waals surface area contributed by atoms with Crippen molar-refractivity contribution in [3.05, 3.63) is 65.9 Å². The lowest BCUT2D eigenvalue weighted by atomic mass is 9.83. The number of likely N-dealkylation sites (tertiary alicyclic amines) is 1. The number of para-hydroxylation sites is 1. The number of carbonyl (C=O) groups is 1. The summed E-state index contributed by atoms with van der Waals surface area (Å²) in [6.45, 7) is 4.13. The monoisotopic (exact) mass is 489 g/mol. The van der Waals surface area contributed by atoms with Crippen LogP contribution in [0.4, 0.5) is 5.69 Å². The Morgan fingerprint density at radius 1 is 0.972 bits per heavy atom. The van der Waals surface area contributed by atoms with Crippen molar-refractivity contribution >= 4 is 22.6 Å². The molecule has 0 atom stereocenters. The summed E-state index contributed by atoms with van der Waals surface area (Å²) in [6, 6.07) is 16.1. The highest BCUT2D eigenvalue weighted by Gasteiger charge is 2.26. The fourth-order valence-corrected chi connectivity index (χ4v) is 5.95. The highest BCUT2D eigenvalue weighted by Crippen LogP contribution is 2.35. The van der Waals surface area contributed by atoms with Crippen LogP contribution < -0.4 is 10.6 Å². The Morgan fingerprint density at radius 3 is 2.47 bits per heavy atom. The Bertz CT molecular complexity index is 1110. The Labute approximate surface area is 214 Å². The summed E-state index contributed by atoms with van der Waals surface area (Å²) >= 11 is 0. The summed E-state index contributed by atoms with van der Waals surface area (Å²) in [5.41, 5.74) is 4.00. The first-order chi connectivity index (χ1) is 17.7. The minimum Gasteiger partial charge on any atom is -0.464 e. The normalized spacial score (nSPS) is 21.5. The van der Waals surface area contributed by atoms with E-state index in [0.717, 1.165) is 30.0 Å². The molecule has 2 heterocycles. The largest absolute Gasteiger partial charge is 0.464 e. The van der Waals surface area contributed by atoms with Gasteiger partial charge >= 0.3 is 0 Å². The van der Waals surface area contributed by atoms with Crippen LogP contribution >= 0.6 is 0 Å². The van der Waals surface area contributed by atoms with Gasteiger partial charge in [0.2, 0.25) is 0 Å². The molecular weight excluding hydrogens is 450 g/mol. The number of benzene rings is 2. The molecule has 3 aromatic rings. The van der Waals surface area contributed by atoms with Gasteiger partial charge in [0.1, 0.15) is 5.58 Å². The summed E-state index contributed by atoms with van der Waals surface area (Å²) in [5.74, 6) is 1.39. The number of rotatable bonds is 9. The van der Waals surface area contributed by atoms with Gasteiger partial charge in [-0.3, -0.25) is 4.79 Å². The SMILES string of the molecule is O=C(NC1CCC(CCN2CCC(c3coc4ccccc34)CC2)CC1)c1ccc(NCCO)cc1. The lowest BCUT2D eigenvalue weighted by Crippen LogP contribution is -2.38. The molecule has 1 amide bonds. The van der Waals surface area contributed by atoms with Crippen molar-refractivity contribution in [3.8, 4) is 0 Å². The number of furan rings is 1. The standard InChI is InChI=1S/C30H39N3O3/c34-20-16-31-25-11-7-24(8-12-25)30(35)32-26-9-5-22(6-10-26)13-17-33-18-14-23(15-19-33)28-21-36-29-4-2-1-3-27(28)29/h1-4,7-8,11-12,21-23,26,31,34H,5-6,9-10,13-20H2,(H,32,35). The van der Waals surface area contributed by atoms with Gasteiger partial charge in [0.25, 0.3) is 5.91 Å². The van der Waals surface area contributed by atoms with E-state index in [1.165, 1.54) is 62.7 Å². The molecule has 192 valence electrons. The molecule has 0 radical (unpaired) electrons. The van der Waals surface area contributed by atoms with Gasteiger partial charge in [-0.2, -0.15) is 0 Å².